The van der Waals surface area contributed by atoms with Crippen LogP contribution in [-0.4, -0.2) is 50.3 Å². The number of nitrogens with zero attached hydrogens (tertiary/aromatic N) is 6. The van der Waals surface area contributed by atoms with Crippen molar-refractivity contribution >= 4 is 145 Å². The highest BCUT2D eigenvalue weighted by molar-refractivity contribution is 9.11. The number of hydrogen-bond donors (Lipinski definition) is 0. The monoisotopic (exact) mass is 1120 g/mol. The maximum atomic E-state index is 11.2. The van der Waals surface area contributed by atoms with Crippen LogP contribution in [0.5, 0.6) is 0 Å². The van der Waals surface area contributed by atoms with Gasteiger partial charge in [0.25, 0.3) is 0 Å². The number of carbonyl (C=O) groups excluding carboxylic acids is 2. The zero-order valence-corrected chi connectivity index (χ0v) is 39.4. The fourth-order valence-corrected chi connectivity index (χ4v) is 6.40. The molecule has 4 aromatic carbocycles. The van der Waals surface area contributed by atoms with Crippen LogP contribution in [0, 0.1) is 22.7 Å². The van der Waals surface area contributed by atoms with Gasteiger partial charge in [0.1, 0.15) is 33.3 Å². The van der Waals surface area contributed by atoms with Crippen LogP contribution in [0.15, 0.2) is 159 Å². The van der Waals surface area contributed by atoms with Gasteiger partial charge in [0.2, 0.25) is 11.6 Å². The first kappa shape index (κ1) is 47.2. The molecule has 17 heteroatoms. The lowest BCUT2D eigenvalue weighted by atomic mass is 9.96. The molecular weight excluding hydrogens is 1110 g/mol. The highest BCUT2D eigenvalue weighted by Crippen LogP contribution is 2.31. The van der Waals surface area contributed by atoms with Crippen molar-refractivity contribution in [2.75, 3.05) is 13.1 Å². The molecule has 2 aliphatic rings. The Hall–Kier alpha value is -3.53. The van der Waals surface area contributed by atoms with Gasteiger partial charge in [0.05, 0.1) is 35.9 Å². The van der Waals surface area contributed by atoms with Crippen molar-refractivity contribution in [3.8, 4) is 34.7 Å². The second-order valence-corrected chi connectivity index (χ2v) is 17.6. The van der Waals surface area contributed by atoms with Gasteiger partial charge >= 0.3 is 0 Å². The lowest BCUT2D eigenvalue weighted by Gasteiger charge is -2.15. The number of rotatable bonds is 4. The van der Waals surface area contributed by atoms with Crippen molar-refractivity contribution in [1.82, 2.24) is 9.97 Å². The number of hydrogen-bond acceptors (Lipinski definition) is 8. The normalized spacial score (nSPS) is 13.4. The molecule has 0 radical (unpaired) electrons. The van der Waals surface area contributed by atoms with Crippen molar-refractivity contribution in [2.24, 2.45) is 9.98 Å². The fourth-order valence-electron chi connectivity index (χ4n) is 4.98. The van der Waals surface area contributed by atoms with E-state index in [1.54, 1.807) is 12.4 Å². The number of ketones is 2. The third-order valence-corrected chi connectivity index (χ3v) is 10.5. The summed E-state index contributed by atoms with van der Waals surface area (Å²) in [6, 6.07) is 35.5. The third-order valence-electron chi connectivity index (χ3n) is 7.55. The average molecular weight is 1130 g/mol. The number of aliphatic imine (C=N–C) groups is 2. The SMILES string of the molecule is Brc1ccc(-c2nccnc2-c2ccc(Br)cc2)cc1.Brc1ccc(C2=NCCN=C2c2ccc(Br)cc2)cc1.ClC(Cl)Cl.N#CC1=C(C#N)C(=O)C(Cl)=C(Cl)C1=O. The molecule has 0 saturated carbocycles. The van der Waals surface area contributed by atoms with E-state index in [1.165, 1.54) is 12.1 Å². The van der Waals surface area contributed by atoms with Gasteiger partial charge in [-0.05, 0) is 48.5 Å². The molecule has 8 nitrogen and oxygen atoms in total. The summed E-state index contributed by atoms with van der Waals surface area (Å²) in [4.78, 5) is 40.8. The zero-order valence-electron chi connectivity index (χ0n) is 29.3. The first-order chi connectivity index (χ1) is 27.7. The van der Waals surface area contributed by atoms with Crippen LogP contribution in [-0.2, 0) is 9.59 Å². The number of alkyl halides is 3. The molecule has 0 saturated heterocycles. The molecule has 0 spiro atoms. The maximum absolute atomic E-state index is 11.2. The van der Waals surface area contributed by atoms with E-state index in [0.29, 0.717) is 0 Å². The van der Waals surface area contributed by atoms with Gasteiger partial charge in [-0.25, -0.2) is 0 Å². The minimum absolute atomic E-state index is 0.521. The van der Waals surface area contributed by atoms with Crippen molar-refractivity contribution in [2.45, 2.75) is 4.30 Å². The van der Waals surface area contributed by atoms with Gasteiger partial charge < -0.3 is 0 Å². The predicted molar refractivity (Wildman–Crippen MR) is 248 cm³/mol. The topological polar surface area (TPSA) is 132 Å². The Balaban J connectivity index is 0.000000187. The van der Waals surface area contributed by atoms with Gasteiger partial charge in [-0.3, -0.25) is 29.5 Å². The second-order valence-electron chi connectivity index (χ2n) is 11.2. The molecule has 7 rings (SSSR count). The Bertz CT molecular complexity index is 2320. The fraction of sp³-hybridized carbons (Fsp3) is 0.0732. The molecule has 292 valence electrons. The first-order valence-corrected chi connectivity index (χ1v) is 21.5. The second kappa shape index (κ2) is 23.3. The summed E-state index contributed by atoms with van der Waals surface area (Å²) in [6.45, 7) is 1.51. The lowest BCUT2D eigenvalue weighted by molar-refractivity contribution is -0.115. The third kappa shape index (κ3) is 13.2. The number of carbonyl (C=O) groups is 2. The Labute approximate surface area is 392 Å². The Morgan fingerprint density at radius 1 is 0.500 bits per heavy atom. The molecule has 0 unspecified atom stereocenters. The molecule has 1 aliphatic carbocycles. The molecule has 1 aliphatic heterocycles. The van der Waals surface area contributed by atoms with Gasteiger partial charge in [-0.15, -0.1) is 0 Å². The standard InChI is InChI=1S/C16H12Br2N2.C16H10Br2N2.C8Cl2N2O2.CHCl3/c2*17-13-5-1-11(2-6-13)15-16(20-10-9-19-15)12-3-7-14(18)8-4-12;9-5-6(10)8(14)4(2-12)3(1-11)7(5)13;2-1(3)4/h1-8H,9-10H2;1-10H;;1H. The van der Waals surface area contributed by atoms with Gasteiger partial charge in [0, 0.05) is 52.5 Å². The Morgan fingerprint density at radius 3 is 1.02 bits per heavy atom. The van der Waals surface area contributed by atoms with E-state index >= 15 is 0 Å². The van der Waals surface area contributed by atoms with Crippen molar-refractivity contribution < 1.29 is 9.59 Å². The summed E-state index contributed by atoms with van der Waals surface area (Å²) in [5.74, 6) is -1.79. The summed E-state index contributed by atoms with van der Waals surface area (Å²) in [6.07, 6.45) is 3.44. The van der Waals surface area contributed by atoms with Crippen LogP contribution in [0.1, 0.15) is 11.1 Å². The van der Waals surface area contributed by atoms with Gasteiger partial charge in [-0.2, -0.15) is 10.5 Å². The number of aromatic nitrogens is 2. The molecule has 0 fully saturated rings. The summed E-state index contributed by atoms with van der Waals surface area (Å²) >= 11 is 39.0. The summed E-state index contributed by atoms with van der Waals surface area (Å²) < 4.78 is 3.49. The number of Topliss-reactive ketones (excluding diaryl/α,β-unsaturated/α-hetero) is 2. The van der Waals surface area contributed by atoms with E-state index in [1.807, 2.05) is 72.8 Å². The molecule has 2 heterocycles. The van der Waals surface area contributed by atoms with Crippen LogP contribution in [0.25, 0.3) is 22.5 Å². The Morgan fingerprint density at radius 2 is 0.759 bits per heavy atom. The molecule has 1 aromatic heterocycles. The van der Waals surface area contributed by atoms with Crippen molar-refractivity contribution in [1.29, 1.82) is 10.5 Å². The summed E-state index contributed by atoms with van der Waals surface area (Å²) in [5, 5.41) is 16.0. The van der Waals surface area contributed by atoms with Crippen LogP contribution < -0.4 is 0 Å². The number of halogens is 9. The molecule has 0 bridgehead atoms. The molecular formula is C41H23Br4Cl5N6O2. The molecule has 0 N–H and O–H groups in total. The highest BCUT2D eigenvalue weighted by Gasteiger charge is 2.33. The van der Waals surface area contributed by atoms with E-state index in [4.69, 9.17) is 68.5 Å². The first-order valence-electron chi connectivity index (χ1n) is 16.3. The van der Waals surface area contributed by atoms with Crippen molar-refractivity contribution in [3.05, 3.63) is 160 Å². The van der Waals surface area contributed by atoms with Gasteiger partial charge in [0.15, 0.2) is 4.30 Å². The largest absolute Gasteiger partial charge is 0.287 e. The quantitative estimate of drug-likeness (QED) is 0.130. The van der Waals surface area contributed by atoms with Crippen LogP contribution in [0.4, 0.5) is 0 Å². The highest BCUT2D eigenvalue weighted by atomic mass is 79.9. The van der Waals surface area contributed by atoms with E-state index < -0.39 is 37.1 Å². The molecule has 58 heavy (non-hydrogen) atoms. The van der Waals surface area contributed by atoms with Crippen LogP contribution >= 0.6 is 122 Å². The number of nitriles is 2. The van der Waals surface area contributed by atoms with E-state index in [0.717, 1.165) is 76.0 Å². The number of allylic oxidation sites excluding steroid dienone is 4. The predicted octanol–water partition coefficient (Wildman–Crippen LogP) is 13.0. The maximum Gasteiger partial charge on any atom is 0.218 e. The minimum atomic E-state index is -0.893. The van der Waals surface area contributed by atoms with Crippen LogP contribution in [0.2, 0.25) is 0 Å². The number of benzene rings is 4. The minimum Gasteiger partial charge on any atom is -0.287 e. The zero-order chi connectivity index (χ0) is 42.4. The molecule has 0 amide bonds. The van der Waals surface area contributed by atoms with E-state index in [-0.39, 0.29) is 0 Å². The Kier molecular flexibility index (Phi) is 18.9. The average Bonchev–Trinajstić information content (AvgIpc) is 3.23. The lowest BCUT2D eigenvalue weighted by Crippen LogP contribution is -2.22. The summed E-state index contributed by atoms with van der Waals surface area (Å²) in [7, 11) is 0. The van der Waals surface area contributed by atoms with Gasteiger partial charge in [-0.1, -0.05) is 170 Å². The summed E-state index contributed by atoms with van der Waals surface area (Å²) in [5.41, 5.74) is 6.93. The van der Waals surface area contributed by atoms with E-state index in [9.17, 15) is 9.59 Å². The van der Waals surface area contributed by atoms with E-state index in [2.05, 4.69) is 108 Å². The van der Waals surface area contributed by atoms with Crippen molar-refractivity contribution in [3.63, 3.8) is 0 Å². The molecule has 5 aromatic rings. The van der Waals surface area contributed by atoms with Crippen LogP contribution in [0.3, 0.4) is 0 Å². The molecule has 0 atom stereocenters. The smallest absolute Gasteiger partial charge is 0.218 e.